The van der Waals surface area contributed by atoms with Gasteiger partial charge in [0.2, 0.25) is 0 Å². The average molecular weight is 284 g/mol. The summed E-state index contributed by atoms with van der Waals surface area (Å²) in [7, 11) is 2.18. The molecule has 104 valence electrons. The summed E-state index contributed by atoms with van der Waals surface area (Å²) in [5.41, 5.74) is 3.89. The second-order valence-corrected chi connectivity index (χ2v) is 6.07. The zero-order chi connectivity index (χ0) is 13.9. The quantitative estimate of drug-likeness (QED) is 0.790. The lowest BCUT2D eigenvalue weighted by atomic mass is 9.99. The van der Waals surface area contributed by atoms with Crippen LogP contribution in [0.2, 0.25) is 0 Å². The maximum absolute atomic E-state index is 4.92. The van der Waals surface area contributed by atoms with Gasteiger partial charge in [0.05, 0.1) is 11.7 Å². The van der Waals surface area contributed by atoms with E-state index in [1.165, 1.54) is 17.0 Å². The van der Waals surface area contributed by atoms with Crippen LogP contribution < -0.4 is 0 Å². The molecular weight excluding hydrogens is 264 g/mol. The van der Waals surface area contributed by atoms with E-state index in [2.05, 4.69) is 60.0 Å². The van der Waals surface area contributed by atoms with Crippen LogP contribution >= 0.6 is 11.3 Å². The molecule has 1 atom stereocenters. The molecule has 1 unspecified atom stereocenters. The number of nitrogens with zero attached hydrogens (tertiary/aromatic N) is 2. The number of hydrogen-bond acceptors (Lipinski definition) is 3. The molecule has 3 heteroatoms. The van der Waals surface area contributed by atoms with Crippen LogP contribution in [0.5, 0.6) is 0 Å². The monoisotopic (exact) mass is 284 g/mol. The molecule has 0 N–H and O–H groups in total. The molecule has 1 aliphatic rings. The third-order valence-electron chi connectivity index (χ3n) is 3.93. The van der Waals surface area contributed by atoms with Gasteiger partial charge in [-0.15, -0.1) is 0 Å². The highest BCUT2D eigenvalue weighted by Crippen LogP contribution is 2.34. The highest BCUT2D eigenvalue weighted by molar-refractivity contribution is 7.07. The van der Waals surface area contributed by atoms with E-state index in [1.54, 1.807) is 11.3 Å². The molecule has 2 aromatic rings. The minimum absolute atomic E-state index is 0.398. The van der Waals surface area contributed by atoms with Crippen molar-refractivity contribution < 1.29 is 0 Å². The first-order valence-corrected chi connectivity index (χ1v) is 8.14. The Bertz CT molecular complexity index is 601. The molecule has 0 spiro atoms. The molecule has 0 fully saturated rings. The van der Waals surface area contributed by atoms with E-state index in [1.807, 2.05) is 0 Å². The van der Waals surface area contributed by atoms with Gasteiger partial charge in [-0.3, -0.25) is 0 Å². The highest BCUT2D eigenvalue weighted by Gasteiger charge is 2.24. The summed E-state index contributed by atoms with van der Waals surface area (Å²) in [5, 5.41) is 4.43. The van der Waals surface area contributed by atoms with E-state index < -0.39 is 0 Å². The molecule has 0 bridgehead atoms. The van der Waals surface area contributed by atoms with E-state index in [4.69, 9.17) is 4.99 Å². The fraction of sp³-hybridized carbons (Fsp3) is 0.353. The lowest BCUT2D eigenvalue weighted by Gasteiger charge is -2.29. The molecule has 0 aliphatic carbocycles. The van der Waals surface area contributed by atoms with Gasteiger partial charge in [-0.05, 0) is 46.9 Å². The van der Waals surface area contributed by atoms with Crippen LogP contribution in [0.25, 0.3) is 0 Å². The van der Waals surface area contributed by atoms with Crippen molar-refractivity contribution in [2.24, 2.45) is 4.99 Å². The molecule has 0 saturated carbocycles. The Morgan fingerprint density at radius 2 is 2.15 bits per heavy atom. The molecule has 2 heterocycles. The van der Waals surface area contributed by atoms with Crippen LogP contribution in [0, 0.1) is 0 Å². The predicted octanol–water partition coefficient (Wildman–Crippen LogP) is 4.81. The second kappa shape index (κ2) is 5.80. The van der Waals surface area contributed by atoms with Gasteiger partial charge >= 0.3 is 0 Å². The fourth-order valence-corrected chi connectivity index (χ4v) is 3.50. The third-order valence-corrected chi connectivity index (χ3v) is 4.63. The third kappa shape index (κ3) is 2.50. The summed E-state index contributed by atoms with van der Waals surface area (Å²) in [6.07, 6.45) is 3.19. The molecule has 3 rings (SSSR count). The van der Waals surface area contributed by atoms with Crippen molar-refractivity contribution in [2.75, 3.05) is 7.05 Å². The number of benzene rings is 1. The van der Waals surface area contributed by atoms with Crippen molar-refractivity contribution in [3.05, 3.63) is 52.2 Å². The SMILES string of the molecule is CCCC1=Nc2ccccc2CC(c2ccsc2)N1C. The van der Waals surface area contributed by atoms with Crippen molar-refractivity contribution in [1.29, 1.82) is 0 Å². The predicted molar refractivity (Wildman–Crippen MR) is 87.0 cm³/mol. The Hall–Kier alpha value is -1.61. The van der Waals surface area contributed by atoms with Gasteiger partial charge < -0.3 is 4.90 Å². The van der Waals surface area contributed by atoms with Gasteiger partial charge in [0.1, 0.15) is 5.84 Å². The van der Waals surface area contributed by atoms with Crippen LogP contribution in [-0.2, 0) is 6.42 Å². The smallest absolute Gasteiger partial charge is 0.105 e. The molecule has 1 aliphatic heterocycles. The number of rotatable bonds is 3. The van der Waals surface area contributed by atoms with Crippen molar-refractivity contribution in [2.45, 2.75) is 32.2 Å². The maximum Gasteiger partial charge on any atom is 0.105 e. The first-order chi connectivity index (χ1) is 9.79. The van der Waals surface area contributed by atoms with Crippen molar-refractivity contribution in [3.63, 3.8) is 0 Å². The van der Waals surface area contributed by atoms with Gasteiger partial charge in [-0.1, -0.05) is 25.1 Å². The Kier molecular flexibility index (Phi) is 3.88. The van der Waals surface area contributed by atoms with Gasteiger partial charge in [-0.25, -0.2) is 4.99 Å². The van der Waals surface area contributed by atoms with E-state index in [9.17, 15) is 0 Å². The fourth-order valence-electron chi connectivity index (χ4n) is 2.80. The molecule has 2 nitrogen and oxygen atoms in total. The van der Waals surface area contributed by atoms with Crippen molar-refractivity contribution in [1.82, 2.24) is 4.90 Å². The van der Waals surface area contributed by atoms with E-state index >= 15 is 0 Å². The van der Waals surface area contributed by atoms with Crippen LogP contribution in [0.4, 0.5) is 5.69 Å². The minimum Gasteiger partial charge on any atom is -0.356 e. The number of hydrogen-bond donors (Lipinski definition) is 0. The average Bonchev–Trinajstić information content (AvgIpc) is 2.94. The first-order valence-electron chi connectivity index (χ1n) is 7.20. The number of amidine groups is 1. The summed E-state index contributed by atoms with van der Waals surface area (Å²) < 4.78 is 0. The van der Waals surface area contributed by atoms with Crippen LogP contribution in [0.3, 0.4) is 0 Å². The number of fused-ring (bicyclic) bond motifs is 1. The number of aliphatic imine (C=N–C) groups is 1. The summed E-state index contributed by atoms with van der Waals surface area (Å²) in [4.78, 5) is 7.28. The summed E-state index contributed by atoms with van der Waals surface area (Å²) >= 11 is 1.77. The zero-order valence-electron chi connectivity index (χ0n) is 12.0. The maximum atomic E-state index is 4.92. The molecular formula is C17H20N2S. The van der Waals surface area contributed by atoms with Gasteiger partial charge in [0.15, 0.2) is 0 Å². The van der Waals surface area contributed by atoms with Crippen LogP contribution in [-0.4, -0.2) is 17.8 Å². The van der Waals surface area contributed by atoms with E-state index in [-0.39, 0.29) is 0 Å². The minimum atomic E-state index is 0.398. The molecule has 0 radical (unpaired) electrons. The van der Waals surface area contributed by atoms with Gasteiger partial charge in [-0.2, -0.15) is 11.3 Å². The molecule has 0 saturated heterocycles. The first kappa shape index (κ1) is 13.4. The Balaban J connectivity index is 2.05. The van der Waals surface area contributed by atoms with Crippen LogP contribution in [0.15, 0.2) is 46.1 Å². The molecule has 0 amide bonds. The highest BCUT2D eigenvalue weighted by atomic mass is 32.1. The standard InChI is InChI=1S/C17H20N2S/c1-3-6-17-18-15-8-5-4-7-13(15)11-16(19(17)2)14-9-10-20-12-14/h4-5,7-10,12,16H,3,6,11H2,1-2H3. The Morgan fingerprint density at radius 1 is 1.30 bits per heavy atom. The van der Waals surface area contributed by atoms with Gasteiger partial charge in [0, 0.05) is 13.5 Å². The topological polar surface area (TPSA) is 15.6 Å². The zero-order valence-corrected chi connectivity index (χ0v) is 12.9. The van der Waals surface area contributed by atoms with Crippen molar-refractivity contribution in [3.8, 4) is 0 Å². The number of para-hydroxylation sites is 1. The van der Waals surface area contributed by atoms with Crippen molar-refractivity contribution >= 4 is 22.9 Å². The number of thiophene rings is 1. The lowest BCUT2D eigenvalue weighted by molar-refractivity contribution is 0.369. The summed E-state index contributed by atoms with van der Waals surface area (Å²) in [5.74, 6) is 1.20. The molecule has 20 heavy (non-hydrogen) atoms. The number of likely N-dealkylation sites (N-methyl/N-ethyl adjacent to an activating group) is 1. The Morgan fingerprint density at radius 3 is 2.90 bits per heavy atom. The molecule has 1 aromatic heterocycles. The summed E-state index contributed by atoms with van der Waals surface area (Å²) in [6.45, 7) is 2.22. The Labute approximate surface area is 124 Å². The summed E-state index contributed by atoms with van der Waals surface area (Å²) in [6, 6.07) is 11.2. The van der Waals surface area contributed by atoms with E-state index in [0.717, 1.165) is 24.9 Å². The second-order valence-electron chi connectivity index (χ2n) is 5.29. The largest absolute Gasteiger partial charge is 0.356 e. The van der Waals surface area contributed by atoms with Gasteiger partial charge in [0.25, 0.3) is 0 Å². The molecule has 1 aromatic carbocycles. The van der Waals surface area contributed by atoms with Crippen LogP contribution in [0.1, 0.15) is 36.9 Å². The normalized spacial score (nSPS) is 18.4. The van der Waals surface area contributed by atoms with E-state index in [0.29, 0.717) is 6.04 Å². The lowest BCUT2D eigenvalue weighted by Crippen LogP contribution is -2.31.